The van der Waals surface area contributed by atoms with E-state index in [4.69, 9.17) is 0 Å². The number of rotatable bonds is 2. The van der Waals surface area contributed by atoms with Gasteiger partial charge in [-0.2, -0.15) is 10.2 Å². The molecule has 4 rings (SSSR count). The second-order valence-corrected chi connectivity index (χ2v) is 7.18. The lowest BCUT2D eigenvalue weighted by atomic mass is 9.79. The van der Waals surface area contributed by atoms with Crippen molar-refractivity contribution in [2.75, 3.05) is 23.3 Å². The Morgan fingerprint density at radius 1 is 1.15 bits per heavy atom. The second kappa shape index (κ2) is 6.88. The summed E-state index contributed by atoms with van der Waals surface area (Å²) in [7, 11) is 0. The summed E-state index contributed by atoms with van der Waals surface area (Å²) in [5.41, 5.74) is 1.89. The van der Waals surface area contributed by atoms with Crippen molar-refractivity contribution in [2.45, 2.75) is 32.1 Å². The molecule has 0 bridgehead atoms. The average Bonchev–Trinajstić information content (AvgIpc) is 2.68. The number of amides is 1. The van der Waals surface area contributed by atoms with Gasteiger partial charge in [-0.15, -0.1) is 0 Å². The van der Waals surface area contributed by atoms with Crippen molar-refractivity contribution >= 4 is 17.7 Å². The normalized spacial score (nSPS) is 21.9. The van der Waals surface area contributed by atoms with Crippen LogP contribution in [0, 0.1) is 24.2 Å². The van der Waals surface area contributed by atoms with Gasteiger partial charge in [0.15, 0.2) is 0 Å². The Hall–Kier alpha value is -3.14. The molecule has 2 N–H and O–H groups in total. The van der Waals surface area contributed by atoms with Gasteiger partial charge < -0.3 is 10.2 Å². The fraction of sp³-hybridized carbons (Fsp3) is 0.400. The van der Waals surface area contributed by atoms with Crippen molar-refractivity contribution in [1.29, 1.82) is 5.26 Å². The van der Waals surface area contributed by atoms with Crippen LogP contribution in [0.15, 0.2) is 29.1 Å². The van der Waals surface area contributed by atoms with Gasteiger partial charge in [0.05, 0.1) is 11.6 Å². The van der Waals surface area contributed by atoms with E-state index in [-0.39, 0.29) is 11.4 Å². The average molecular weight is 363 g/mol. The van der Waals surface area contributed by atoms with Crippen LogP contribution in [0.4, 0.5) is 11.8 Å². The molecule has 1 aromatic carbocycles. The van der Waals surface area contributed by atoms with Gasteiger partial charge >= 0.3 is 0 Å². The number of piperidine rings is 1. The number of aryl methyl sites for hydroxylation is 1. The number of benzene rings is 1. The summed E-state index contributed by atoms with van der Waals surface area (Å²) in [4.78, 5) is 35.0. The van der Waals surface area contributed by atoms with E-state index < -0.39 is 17.7 Å². The smallest absolute Gasteiger partial charge is 0.258 e. The Kier molecular flexibility index (Phi) is 4.40. The van der Waals surface area contributed by atoms with E-state index in [9.17, 15) is 14.9 Å². The number of fused-ring (bicyclic) bond motifs is 1. The molecular formula is C20H21N5O2. The Balaban J connectivity index is 1.84. The molecule has 2 aliphatic heterocycles. The van der Waals surface area contributed by atoms with Crippen LogP contribution in [0.3, 0.4) is 0 Å². The quantitative estimate of drug-likeness (QED) is 0.852. The number of hydrogen-bond donors (Lipinski definition) is 2. The first kappa shape index (κ1) is 17.3. The largest absolute Gasteiger partial charge is 0.342 e. The van der Waals surface area contributed by atoms with Gasteiger partial charge in [0.25, 0.3) is 5.56 Å². The van der Waals surface area contributed by atoms with E-state index >= 15 is 0 Å². The van der Waals surface area contributed by atoms with Gasteiger partial charge in [-0.1, -0.05) is 29.8 Å². The number of aromatic nitrogens is 2. The van der Waals surface area contributed by atoms with Crippen molar-refractivity contribution in [3.05, 3.63) is 51.3 Å². The Bertz CT molecular complexity index is 967. The zero-order chi connectivity index (χ0) is 19.0. The van der Waals surface area contributed by atoms with Crippen molar-refractivity contribution in [2.24, 2.45) is 5.92 Å². The minimum absolute atomic E-state index is 0.265. The lowest BCUT2D eigenvalue weighted by Crippen LogP contribution is -2.40. The number of H-pyrrole nitrogens is 1. The number of nitriles is 1. The third-order valence-electron chi connectivity index (χ3n) is 5.34. The Labute approximate surface area is 157 Å². The molecule has 2 unspecified atom stereocenters. The lowest BCUT2D eigenvalue weighted by molar-refractivity contribution is -0.119. The first-order valence-electron chi connectivity index (χ1n) is 9.24. The third-order valence-corrected chi connectivity index (χ3v) is 5.34. The summed E-state index contributed by atoms with van der Waals surface area (Å²) in [6.45, 7) is 3.63. The van der Waals surface area contributed by atoms with Crippen LogP contribution in [0.25, 0.3) is 0 Å². The highest BCUT2D eigenvalue weighted by molar-refractivity contribution is 5.97. The maximum absolute atomic E-state index is 13.0. The maximum Gasteiger partial charge on any atom is 0.258 e. The topological polar surface area (TPSA) is 102 Å². The van der Waals surface area contributed by atoms with E-state index in [1.165, 1.54) is 6.42 Å². The molecule has 138 valence electrons. The van der Waals surface area contributed by atoms with Crippen molar-refractivity contribution in [3.8, 4) is 6.07 Å². The standard InChI is InChI=1S/C20H21N5O2/c1-12-5-7-13(8-6-12)15-14(11-21)18(26)22-17-16(15)19(27)24-20(23-17)25-9-3-2-4-10-25/h5-8,14-15H,2-4,9-10H2,1H3,(H2,22,23,24,26,27). The van der Waals surface area contributed by atoms with E-state index in [1.807, 2.05) is 36.1 Å². The molecule has 0 radical (unpaired) electrons. The van der Waals surface area contributed by atoms with Crippen molar-refractivity contribution < 1.29 is 4.79 Å². The molecule has 2 aliphatic rings. The highest BCUT2D eigenvalue weighted by Gasteiger charge is 2.40. The molecule has 1 aromatic heterocycles. The molecule has 1 saturated heterocycles. The molecule has 0 spiro atoms. The van der Waals surface area contributed by atoms with Crippen molar-refractivity contribution in [3.63, 3.8) is 0 Å². The molecule has 27 heavy (non-hydrogen) atoms. The number of aromatic amines is 1. The molecule has 2 atom stereocenters. The molecule has 3 heterocycles. The van der Waals surface area contributed by atoms with E-state index in [0.717, 1.165) is 37.1 Å². The molecule has 0 saturated carbocycles. The van der Waals surface area contributed by atoms with E-state index in [0.29, 0.717) is 11.5 Å². The van der Waals surface area contributed by atoms with E-state index in [2.05, 4.69) is 21.4 Å². The van der Waals surface area contributed by atoms with Crippen LogP contribution in [0.1, 0.15) is 41.9 Å². The zero-order valence-electron chi connectivity index (χ0n) is 15.2. The van der Waals surface area contributed by atoms with Gasteiger partial charge in [0, 0.05) is 19.0 Å². The van der Waals surface area contributed by atoms with E-state index in [1.54, 1.807) is 0 Å². The van der Waals surface area contributed by atoms with Crippen molar-refractivity contribution in [1.82, 2.24) is 9.97 Å². The maximum atomic E-state index is 13.0. The molecule has 2 aromatic rings. The summed E-state index contributed by atoms with van der Waals surface area (Å²) in [6, 6.07) is 9.62. The molecular weight excluding hydrogens is 342 g/mol. The van der Waals surface area contributed by atoms with Crippen LogP contribution in [-0.2, 0) is 4.79 Å². The second-order valence-electron chi connectivity index (χ2n) is 7.18. The number of carbonyl (C=O) groups is 1. The summed E-state index contributed by atoms with van der Waals surface area (Å²) in [6.07, 6.45) is 3.27. The molecule has 1 amide bonds. The van der Waals surface area contributed by atoms with Crippen LogP contribution < -0.4 is 15.8 Å². The number of carbonyl (C=O) groups excluding carboxylic acids is 1. The highest BCUT2D eigenvalue weighted by Crippen LogP contribution is 2.38. The van der Waals surface area contributed by atoms with Gasteiger partial charge in [-0.3, -0.25) is 14.6 Å². The fourth-order valence-corrected chi connectivity index (χ4v) is 3.89. The highest BCUT2D eigenvalue weighted by atomic mass is 16.2. The zero-order valence-corrected chi connectivity index (χ0v) is 15.2. The molecule has 0 aliphatic carbocycles. The predicted octanol–water partition coefficient (Wildman–Crippen LogP) is 2.29. The Morgan fingerprint density at radius 2 is 1.85 bits per heavy atom. The molecule has 7 heteroatoms. The van der Waals surface area contributed by atoms with Gasteiger partial charge in [0.2, 0.25) is 11.9 Å². The lowest BCUT2D eigenvalue weighted by Gasteiger charge is -2.31. The first-order valence-corrected chi connectivity index (χ1v) is 9.24. The monoisotopic (exact) mass is 363 g/mol. The number of nitrogens with one attached hydrogen (secondary N) is 2. The fourth-order valence-electron chi connectivity index (χ4n) is 3.89. The summed E-state index contributed by atoms with van der Waals surface area (Å²) >= 11 is 0. The first-order chi connectivity index (χ1) is 13.1. The van der Waals surface area contributed by atoms with Crippen LogP contribution in [-0.4, -0.2) is 29.0 Å². The molecule has 7 nitrogen and oxygen atoms in total. The third kappa shape index (κ3) is 3.08. The molecule has 1 fully saturated rings. The summed E-state index contributed by atoms with van der Waals surface area (Å²) < 4.78 is 0. The SMILES string of the molecule is Cc1ccc(C2c3c(nc(N4CCCCC4)[nH]c3=O)NC(=O)C2C#N)cc1. The minimum Gasteiger partial charge on any atom is -0.342 e. The summed E-state index contributed by atoms with van der Waals surface area (Å²) in [5.74, 6) is -1.27. The van der Waals surface area contributed by atoms with Crippen LogP contribution in [0.2, 0.25) is 0 Å². The van der Waals surface area contributed by atoms with Crippen LogP contribution in [0.5, 0.6) is 0 Å². The number of anilines is 2. The Morgan fingerprint density at radius 3 is 2.52 bits per heavy atom. The van der Waals surface area contributed by atoms with Gasteiger partial charge in [-0.25, -0.2) is 0 Å². The predicted molar refractivity (Wildman–Crippen MR) is 102 cm³/mol. The van der Waals surface area contributed by atoms with Gasteiger partial charge in [-0.05, 0) is 31.7 Å². The van der Waals surface area contributed by atoms with Crippen LogP contribution >= 0.6 is 0 Å². The van der Waals surface area contributed by atoms with Gasteiger partial charge in [0.1, 0.15) is 11.7 Å². The minimum atomic E-state index is -0.969. The number of hydrogen-bond acceptors (Lipinski definition) is 5. The summed E-state index contributed by atoms with van der Waals surface area (Å²) in [5, 5.41) is 12.2. The number of nitrogens with zero attached hydrogens (tertiary/aromatic N) is 3.